The summed E-state index contributed by atoms with van der Waals surface area (Å²) >= 11 is 0. The van der Waals surface area contributed by atoms with Crippen molar-refractivity contribution in [1.29, 1.82) is 0 Å². The first-order valence-corrected chi connectivity index (χ1v) is 5.48. The molecule has 0 radical (unpaired) electrons. The van der Waals surface area contributed by atoms with Crippen LogP contribution < -0.4 is 0 Å². The molecule has 1 N–H and O–H groups in total. The minimum Gasteiger partial charge on any atom is -0.396 e. The van der Waals surface area contributed by atoms with E-state index < -0.39 is 0 Å². The monoisotopic (exact) mass is 168 g/mol. The summed E-state index contributed by atoms with van der Waals surface area (Å²) in [7, 11) is 0. The third-order valence-electron chi connectivity index (χ3n) is 3.92. The predicted octanol–water partition coefficient (Wildman–Crippen LogP) is 2.73. The molecule has 70 valence electrons. The number of aliphatic hydroxyl groups is 1. The Bertz CT molecular complexity index is 145. The second-order valence-corrected chi connectivity index (χ2v) is 4.69. The van der Waals surface area contributed by atoms with Gasteiger partial charge in [0, 0.05) is 6.61 Å². The fourth-order valence-corrected chi connectivity index (χ4v) is 3.05. The zero-order chi connectivity index (χ0) is 8.44. The molecule has 1 spiro atoms. The highest BCUT2D eigenvalue weighted by Gasteiger charge is 2.52. The largest absolute Gasteiger partial charge is 0.396 e. The van der Waals surface area contributed by atoms with Crippen molar-refractivity contribution in [2.75, 3.05) is 6.61 Å². The fraction of sp³-hybridized carbons (Fsp3) is 1.00. The molecule has 2 saturated carbocycles. The molecule has 2 aliphatic rings. The average Bonchev–Trinajstić information content (AvgIpc) is 2.77. The standard InChI is InChI=1S/C11H20O/c12-8-4-5-10-9-11(10)6-2-1-3-7-11/h10,12H,1-9H2. The first kappa shape index (κ1) is 8.55. The third kappa shape index (κ3) is 1.52. The summed E-state index contributed by atoms with van der Waals surface area (Å²) < 4.78 is 0. The Balaban J connectivity index is 1.75. The smallest absolute Gasteiger partial charge is 0.0431 e. The molecule has 1 nitrogen and oxygen atoms in total. The van der Waals surface area contributed by atoms with Crippen molar-refractivity contribution in [2.24, 2.45) is 11.3 Å². The van der Waals surface area contributed by atoms with E-state index in [1.165, 1.54) is 44.9 Å². The van der Waals surface area contributed by atoms with Gasteiger partial charge < -0.3 is 5.11 Å². The van der Waals surface area contributed by atoms with Gasteiger partial charge in [-0.3, -0.25) is 0 Å². The van der Waals surface area contributed by atoms with Crippen molar-refractivity contribution < 1.29 is 5.11 Å². The lowest BCUT2D eigenvalue weighted by Crippen LogP contribution is -2.09. The van der Waals surface area contributed by atoms with E-state index in [2.05, 4.69) is 0 Å². The SMILES string of the molecule is OCCCC1CC12CCCCC2. The van der Waals surface area contributed by atoms with Crippen LogP contribution in [0, 0.1) is 11.3 Å². The van der Waals surface area contributed by atoms with Crippen LogP contribution in [0.4, 0.5) is 0 Å². The molecule has 0 heterocycles. The predicted molar refractivity (Wildman–Crippen MR) is 49.9 cm³/mol. The highest BCUT2D eigenvalue weighted by atomic mass is 16.2. The summed E-state index contributed by atoms with van der Waals surface area (Å²) in [6.45, 7) is 0.395. The Morgan fingerprint density at radius 2 is 1.92 bits per heavy atom. The minimum atomic E-state index is 0.395. The van der Waals surface area contributed by atoms with Crippen LogP contribution in [0.1, 0.15) is 51.4 Å². The molecule has 0 amide bonds. The number of hydrogen-bond acceptors (Lipinski definition) is 1. The number of hydrogen-bond donors (Lipinski definition) is 1. The molecular weight excluding hydrogens is 148 g/mol. The van der Waals surface area contributed by atoms with Crippen molar-refractivity contribution >= 4 is 0 Å². The molecule has 1 unspecified atom stereocenters. The zero-order valence-electron chi connectivity index (χ0n) is 7.89. The second kappa shape index (κ2) is 3.37. The summed E-state index contributed by atoms with van der Waals surface area (Å²) in [5.74, 6) is 0.991. The lowest BCUT2D eigenvalue weighted by Gasteiger charge is -2.22. The van der Waals surface area contributed by atoms with Gasteiger partial charge >= 0.3 is 0 Å². The van der Waals surface area contributed by atoms with Gasteiger partial charge in [0.15, 0.2) is 0 Å². The van der Waals surface area contributed by atoms with Gasteiger partial charge in [-0.05, 0) is 43.4 Å². The van der Waals surface area contributed by atoms with Crippen molar-refractivity contribution in [3.63, 3.8) is 0 Å². The fourth-order valence-electron chi connectivity index (χ4n) is 3.05. The lowest BCUT2D eigenvalue weighted by molar-refractivity contribution is 0.262. The van der Waals surface area contributed by atoms with Crippen molar-refractivity contribution in [3.05, 3.63) is 0 Å². The first-order valence-electron chi connectivity index (χ1n) is 5.48. The average molecular weight is 168 g/mol. The molecule has 0 aromatic heterocycles. The van der Waals surface area contributed by atoms with Crippen LogP contribution in [-0.4, -0.2) is 11.7 Å². The maximum atomic E-state index is 8.73. The van der Waals surface area contributed by atoms with Crippen LogP contribution in [0.15, 0.2) is 0 Å². The lowest BCUT2D eigenvalue weighted by atomic mass is 9.84. The van der Waals surface area contributed by atoms with Gasteiger partial charge in [0.05, 0.1) is 0 Å². The molecule has 2 aliphatic carbocycles. The van der Waals surface area contributed by atoms with Crippen LogP contribution >= 0.6 is 0 Å². The highest BCUT2D eigenvalue weighted by molar-refractivity contribution is 5.02. The van der Waals surface area contributed by atoms with E-state index in [4.69, 9.17) is 5.11 Å². The van der Waals surface area contributed by atoms with Crippen molar-refractivity contribution in [3.8, 4) is 0 Å². The molecule has 2 rings (SSSR count). The quantitative estimate of drug-likeness (QED) is 0.687. The van der Waals surface area contributed by atoms with Crippen molar-refractivity contribution in [1.82, 2.24) is 0 Å². The third-order valence-corrected chi connectivity index (χ3v) is 3.92. The van der Waals surface area contributed by atoms with Crippen LogP contribution in [0.25, 0.3) is 0 Å². The molecule has 0 aliphatic heterocycles. The van der Waals surface area contributed by atoms with Crippen LogP contribution in [0.3, 0.4) is 0 Å². The van der Waals surface area contributed by atoms with E-state index in [0.717, 1.165) is 17.8 Å². The Kier molecular flexibility index (Phi) is 2.40. The summed E-state index contributed by atoms with van der Waals surface area (Å²) in [4.78, 5) is 0. The summed E-state index contributed by atoms with van der Waals surface area (Å²) in [5, 5.41) is 8.73. The maximum absolute atomic E-state index is 8.73. The van der Waals surface area contributed by atoms with Crippen molar-refractivity contribution in [2.45, 2.75) is 51.4 Å². The number of rotatable bonds is 3. The van der Waals surface area contributed by atoms with E-state index in [1.54, 1.807) is 0 Å². The maximum Gasteiger partial charge on any atom is 0.0431 e. The van der Waals surface area contributed by atoms with Crippen LogP contribution in [0.5, 0.6) is 0 Å². The van der Waals surface area contributed by atoms with E-state index in [0.29, 0.717) is 6.61 Å². The summed E-state index contributed by atoms with van der Waals surface area (Å²) in [5.41, 5.74) is 0.785. The van der Waals surface area contributed by atoms with E-state index in [9.17, 15) is 0 Å². The first-order chi connectivity index (χ1) is 5.87. The Morgan fingerprint density at radius 3 is 2.58 bits per heavy atom. The molecular formula is C11H20O. The summed E-state index contributed by atoms with van der Waals surface area (Å²) in [6, 6.07) is 0. The highest BCUT2D eigenvalue weighted by Crippen LogP contribution is 2.62. The molecule has 0 bridgehead atoms. The Morgan fingerprint density at radius 1 is 1.17 bits per heavy atom. The topological polar surface area (TPSA) is 20.2 Å². The van der Waals surface area contributed by atoms with Crippen LogP contribution in [0.2, 0.25) is 0 Å². The Hall–Kier alpha value is -0.0400. The zero-order valence-corrected chi connectivity index (χ0v) is 7.89. The van der Waals surface area contributed by atoms with Gasteiger partial charge in [-0.1, -0.05) is 19.3 Å². The minimum absolute atomic E-state index is 0.395. The molecule has 2 fully saturated rings. The molecule has 0 saturated heterocycles. The Labute approximate surface area is 75.2 Å². The van der Waals surface area contributed by atoms with E-state index >= 15 is 0 Å². The van der Waals surface area contributed by atoms with E-state index in [1.807, 2.05) is 0 Å². The van der Waals surface area contributed by atoms with Gasteiger partial charge in [-0.25, -0.2) is 0 Å². The molecule has 0 aromatic rings. The molecule has 0 aromatic carbocycles. The van der Waals surface area contributed by atoms with Gasteiger partial charge in [0.2, 0.25) is 0 Å². The summed E-state index contributed by atoms with van der Waals surface area (Å²) in [6.07, 6.45) is 11.2. The van der Waals surface area contributed by atoms with Gasteiger partial charge in [0.25, 0.3) is 0 Å². The molecule has 1 heteroatoms. The van der Waals surface area contributed by atoms with Gasteiger partial charge in [-0.15, -0.1) is 0 Å². The van der Waals surface area contributed by atoms with Gasteiger partial charge in [-0.2, -0.15) is 0 Å². The van der Waals surface area contributed by atoms with E-state index in [-0.39, 0.29) is 0 Å². The number of aliphatic hydroxyl groups excluding tert-OH is 1. The second-order valence-electron chi connectivity index (χ2n) is 4.69. The molecule has 1 atom stereocenters. The van der Waals surface area contributed by atoms with Gasteiger partial charge in [0.1, 0.15) is 0 Å². The van der Waals surface area contributed by atoms with Crippen LogP contribution in [-0.2, 0) is 0 Å². The normalized spacial score (nSPS) is 32.2. The molecule has 12 heavy (non-hydrogen) atoms.